The van der Waals surface area contributed by atoms with Gasteiger partial charge in [-0.1, -0.05) is 18.2 Å². The van der Waals surface area contributed by atoms with Crippen LogP contribution in [0.1, 0.15) is 12.5 Å². The largest absolute Gasteiger partial charge is 0.350 e. The van der Waals surface area contributed by atoms with Gasteiger partial charge in [-0.15, -0.1) is 0 Å². The maximum absolute atomic E-state index is 11.2. The Morgan fingerprint density at radius 3 is 2.81 bits per heavy atom. The van der Waals surface area contributed by atoms with Crippen molar-refractivity contribution in [3.63, 3.8) is 0 Å². The molecule has 1 aromatic carbocycles. The lowest BCUT2D eigenvalue weighted by Gasteiger charge is -2.05. The van der Waals surface area contributed by atoms with E-state index in [9.17, 15) is 4.79 Å². The number of rotatable bonds is 3. The minimum Gasteiger partial charge on any atom is -0.350 e. The number of nitrogens with zero attached hydrogens (tertiary/aromatic N) is 1. The summed E-state index contributed by atoms with van der Waals surface area (Å²) in [7, 11) is 2.01. The second-order valence-electron chi connectivity index (χ2n) is 4.20. The van der Waals surface area contributed by atoms with Gasteiger partial charge in [-0.2, -0.15) is 0 Å². The van der Waals surface area contributed by atoms with Gasteiger partial charge in [0.05, 0.1) is 6.04 Å². The lowest BCUT2D eigenvalue weighted by molar-refractivity contribution is -0.118. The molecule has 0 radical (unpaired) electrons. The van der Waals surface area contributed by atoms with Crippen molar-refractivity contribution in [2.75, 3.05) is 0 Å². The standard InChI is InChI=1S/C13H16N2O/c1-9(16)12(14)7-10-8-15(2)13-6-4-3-5-11(10)13/h3-6,8,12H,7,14H2,1-2H3. The number of aromatic nitrogens is 1. The van der Waals surface area contributed by atoms with Crippen molar-refractivity contribution in [1.82, 2.24) is 4.57 Å². The molecule has 2 rings (SSSR count). The van der Waals surface area contributed by atoms with Gasteiger partial charge in [0.15, 0.2) is 0 Å². The number of nitrogens with two attached hydrogens (primary N) is 1. The normalized spacial score (nSPS) is 12.9. The number of aryl methyl sites for hydroxylation is 1. The second kappa shape index (κ2) is 4.10. The highest BCUT2D eigenvalue weighted by Crippen LogP contribution is 2.21. The van der Waals surface area contributed by atoms with Crippen molar-refractivity contribution in [1.29, 1.82) is 0 Å². The third kappa shape index (κ3) is 1.86. The first-order chi connectivity index (χ1) is 7.59. The maximum atomic E-state index is 11.2. The van der Waals surface area contributed by atoms with Crippen molar-refractivity contribution in [3.05, 3.63) is 36.0 Å². The van der Waals surface area contributed by atoms with Gasteiger partial charge in [0.1, 0.15) is 5.78 Å². The van der Waals surface area contributed by atoms with E-state index < -0.39 is 6.04 Å². The van der Waals surface area contributed by atoms with Gasteiger partial charge in [-0.25, -0.2) is 0 Å². The molecular formula is C13H16N2O. The Bertz CT molecular complexity index is 528. The Kier molecular flexibility index (Phi) is 2.79. The number of Topliss-reactive ketones (excluding diaryl/α,β-unsaturated/α-hetero) is 1. The number of para-hydroxylation sites is 1. The Balaban J connectivity index is 2.42. The second-order valence-corrected chi connectivity index (χ2v) is 4.20. The van der Waals surface area contributed by atoms with E-state index in [1.54, 1.807) is 0 Å². The van der Waals surface area contributed by atoms with Gasteiger partial charge in [0, 0.05) is 24.1 Å². The van der Waals surface area contributed by atoms with Crippen molar-refractivity contribution in [2.45, 2.75) is 19.4 Å². The molecule has 1 aromatic heterocycles. The smallest absolute Gasteiger partial charge is 0.146 e. The van der Waals surface area contributed by atoms with Crippen molar-refractivity contribution >= 4 is 16.7 Å². The topological polar surface area (TPSA) is 48.0 Å². The summed E-state index contributed by atoms with van der Waals surface area (Å²) in [5, 5.41) is 1.18. The Labute approximate surface area is 94.9 Å². The average Bonchev–Trinajstić information content (AvgIpc) is 2.57. The summed E-state index contributed by atoms with van der Waals surface area (Å²) < 4.78 is 2.07. The van der Waals surface area contributed by atoms with Crippen LogP contribution in [0.25, 0.3) is 10.9 Å². The van der Waals surface area contributed by atoms with Crippen LogP contribution in [0.4, 0.5) is 0 Å². The average molecular weight is 216 g/mol. The van der Waals surface area contributed by atoms with E-state index in [1.165, 1.54) is 17.8 Å². The molecule has 0 spiro atoms. The number of hydrogen-bond donors (Lipinski definition) is 1. The third-order valence-corrected chi connectivity index (χ3v) is 2.94. The van der Waals surface area contributed by atoms with Crippen LogP contribution in [0.3, 0.4) is 0 Å². The molecule has 0 aliphatic rings. The minimum atomic E-state index is -0.397. The monoisotopic (exact) mass is 216 g/mol. The first kappa shape index (κ1) is 10.9. The first-order valence-electron chi connectivity index (χ1n) is 5.38. The van der Waals surface area contributed by atoms with Gasteiger partial charge >= 0.3 is 0 Å². The van der Waals surface area contributed by atoms with E-state index in [1.807, 2.05) is 25.4 Å². The number of carbonyl (C=O) groups excluding carboxylic acids is 1. The van der Waals surface area contributed by atoms with Gasteiger partial charge in [-0.3, -0.25) is 4.79 Å². The summed E-state index contributed by atoms with van der Waals surface area (Å²) in [6.07, 6.45) is 2.66. The molecule has 0 bridgehead atoms. The van der Waals surface area contributed by atoms with E-state index in [0.717, 1.165) is 5.56 Å². The molecule has 0 saturated carbocycles. The zero-order valence-corrected chi connectivity index (χ0v) is 9.60. The molecule has 2 aromatic rings. The SMILES string of the molecule is CC(=O)C(N)Cc1cn(C)c2ccccc12. The molecule has 3 nitrogen and oxygen atoms in total. The zero-order valence-electron chi connectivity index (χ0n) is 9.60. The summed E-state index contributed by atoms with van der Waals surface area (Å²) in [5.74, 6) is 0.0351. The van der Waals surface area contributed by atoms with Gasteiger partial charge in [-0.05, 0) is 25.0 Å². The molecule has 0 saturated heterocycles. The number of ketones is 1. The molecule has 2 N–H and O–H groups in total. The predicted octanol–water partition coefficient (Wildman–Crippen LogP) is 1.64. The van der Waals surface area contributed by atoms with Gasteiger partial charge < -0.3 is 10.3 Å². The molecule has 0 fully saturated rings. The summed E-state index contributed by atoms with van der Waals surface area (Å²) in [4.78, 5) is 11.2. The van der Waals surface area contributed by atoms with Gasteiger partial charge in [0.25, 0.3) is 0 Å². The third-order valence-electron chi connectivity index (χ3n) is 2.94. The van der Waals surface area contributed by atoms with Crippen LogP contribution >= 0.6 is 0 Å². The van der Waals surface area contributed by atoms with Crippen LogP contribution in [-0.4, -0.2) is 16.4 Å². The molecular weight excluding hydrogens is 200 g/mol. The number of hydrogen-bond acceptors (Lipinski definition) is 2. The molecule has 84 valence electrons. The molecule has 0 aliphatic heterocycles. The molecule has 1 heterocycles. The summed E-state index contributed by atoms with van der Waals surface area (Å²) in [5.41, 5.74) is 8.10. The minimum absolute atomic E-state index is 0.0351. The van der Waals surface area contributed by atoms with E-state index in [2.05, 4.69) is 16.7 Å². The van der Waals surface area contributed by atoms with E-state index >= 15 is 0 Å². The summed E-state index contributed by atoms with van der Waals surface area (Å²) in [6, 6.07) is 7.75. The highest BCUT2D eigenvalue weighted by molar-refractivity contribution is 5.86. The fraction of sp³-hybridized carbons (Fsp3) is 0.308. The van der Waals surface area contributed by atoms with Crippen molar-refractivity contribution in [2.24, 2.45) is 12.8 Å². The van der Waals surface area contributed by atoms with Crippen LogP contribution in [0.2, 0.25) is 0 Å². The van der Waals surface area contributed by atoms with Crippen LogP contribution < -0.4 is 5.73 Å². The Morgan fingerprint density at radius 2 is 2.12 bits per heavy atom. The quantitative estimate of drug-likeness (QED) is 0.847. The van der Waals surface area contributed by atoms with Crippen LogP contribution in [-0.2, 0) is 18.3 Å². The predicted molar refractivity (Wildman–Crippen MR) is 65.3 cm³/mol. The highest BCUT2D eigenvalue weighted by Gasteiger charge is 2.13. The van der Waals surface area contributed by atoms with E-state index in [-0.39, 0.29) is 5.78 Å². The summed E-state index contributed by atoms with van der Waals surface area (Å²) in [6.45, 7) is 1.54. The van der Waals surface area contributed by atoms with Crippen LogP contribution in [0.5, 0.6) is 0 Å². The molecule has 16 heavy (non-hydrogen) atoms. The fourth-order valence-corrected chi connectivity index (χ4v) is 1.97. The number of fused-ring (bicyclic) bond motifs is 1. The molecule has 3 heteroatoms. The highest BCUT2D eigenvalue weighted by atomic mass is 16.1. The van der Waals surface area contributed by atoms with Crippen molar-refractivity contribution < 1.29 is 4.79 Å². The molecule has 0 aliphatic carbocycles. The number of carbonyl (C=O) groups is 1. The fourth-order valence-electron chi connectivity index (χ4n) is 1.97. The molecule has 1 atom stereocenters. The number of benzene rings is 1. The summed E-state index contributed by atoms with van der Waals surface area (Å²) >= 11 is 0. The zero-order chi connectivity index (χ0) is 11.7. The Morgan fingerprint density at radius 1 is 1.44 bits per heavy atom. The lowest BCUT2D eigenvalue weighted by Crippen LogP contribution is -2.30. The van der Waals surface area contributed by atoms with Crippen LogP contribution in [0, 0.1) is 0 Å². The Hall–Kier alpha value is -1.61. The molecule has 0 amide bonds. The lowest BCUT2D eigenvalue weighted by atomic mass is 10.0. The molecule has 1 unspecified atom stereocenters. The van der Waals surface area contributed by atoms with E-state index in [0.29, 0.717) is 6.42 Å². The maximum Gasteiger partial charge on any atom is 0.146 e. The van der Waals surface area contributed by atoms with Crippen LogP contribution in [0.15, 0.2) is 30.5 Å². The van der Waals surface area contributed by atoms with Gasteiger partial charge in [0.2, 0.25) is 0 Å². The first-order valence-corrected chi connectivity index (χ1v) is 5.38. The van der Waals surface area contributed by atoms with Crippen molar-refractivity contribution in [3.8, 4) is 0 Å². The van der Waals surface area contributed by atoms with E-state index in [4.69, 9.17) is 5.73 Å².